The van der Waals surface area contributed by atoms with E-state index >= 15 is 0 Å². The number of aromatic nitrogens is 1. The molecule has 1 aromatic carbocycles. The van der Waals surface area contributed by atoms with Crippen LogP contribution in [-0.4, -0.2) is 15.7 Å². The summed E-state index contributed by atoms with van der Waals surface area (Å²) in [4.78, 5) is 15.1. The van der Waals surface area contributed by atoms with Gasteiger partial charge in [-0.15, -0.1) is 0 Å². The third-order valence-electron chi connectivity index (χ3n) is 4.32. The Morgan fingerprint density at radius 1 is 1.23 bits per heavy atom. The van der Waals surface area contributed by atoms with Crippen molar-refractivity contribution in [1.29, 1.82) is 0 Å². The zero-order chi connectivity index (χ0) is 15.5. The predicted molar refractivity (Wildman–Crippen MR) is 90.3 cm³/mol. The number of alkyl halides is 2. The number of nitrogens with zero attached hydrogens (tertiary/aromatic N) is 1. The highest BCUT2D eigenvalue weighted by Gasteiger charge is 2.21. The molecule has 1 aliphatic carbocycles. The highest BCUT2D eigenvalue weighted by Crippen LogP contribution is 2.36. The Balaban J connectivity index is 1.92. The number of nitrogens with one attached hydrogen (secondary N) is 1. The molecule has 116 valence electrons. The SMILES string of the molecule is O=C(NCc1cccc2c(C3CCCC3)nccc12)C(Cl)Cl. The number of carbonyl (C=O) groups excluding carboxylic acids is 1. The Hall–Kier alpha value is -1.32. The number of fused-ring (bicyclic) bond motifs is 1. The van der Waals surface area contributed by atoms with Crippen molar-refractivity contribution in [2.24, 2.45) is 0 Å². The largest absolute Gasteiger partial charge is 0.350 e. The van der Waals surface area contributed by atoms with Crippen LogP contribution in [0.2, 0.25) is 0 Å². The molecular weight excluding hydrogens is 319 g/mol. The lowest BCUT2D eigenvalue weighted by molar-refractivity contribution is -0.119. The fourth-order valence-electron chi connectivity index (χ4n) is 3.23. The normalized spacial score (nSPS) is 15.6. The van der Waals surface area contributed by atoms with Crippen molar-refractivity contribution in [3.05, 3.63) is 41.7 Å². The number of halogens is 2. The van der Waals surface area contributed by atoms with E-state index in [0.717, 1.165) is 10.9 Å². The van der Waals surface area contributed by atoms with Crippen molar-refractivity contribution < 1.29 is 4.79 Å². The van der Waals surface area contributed by atoms with Crippen LogP contribution in [0.3, 0.4) is 0 Å². The van der Waals surface area contributed by atoms with Crippen molar-refractivity contribution in [2.45, 2.75) is 43.0 Å². The lowest BCUT2D eigenvalue weighted by atomic mass is 9.96. The standard InChI is InChI=1S/C17H18Cl2N2O/c18-16(19)17(22)21-10-12-6-3-7-14-13(12)8-9-20-15(14)11-4-1-2-5-11/h3,6-9,11,16H,1-2,4-5,10H2,(H,21,22). The molecule has 0 aliphatic heterocycles. The molecule has 0 unspecified atom stereocenters. The van der Waals surface area contributed by atoms with E-state index in [-0.39, 0.29) is 5.91 Å². The van der Waals surface area contributed by atoms with E-state index in [1.54, 1.807) is 0 Å². The van der Waals surface area contributed by atoms with Gasteiger partial charge < -0.3 is 5.32 Å². The molecular formula is C17H18Cl2N2O. The summed E-state index contributed by atoms with van der Waals surface area (Å²) in [6, 6.07) is 8.16. The van der Waals surface area contributed by atoms with Gasteiger partial charge in [0.15, 0.2) is 4.84 Å². The summed E-state index contributed by atoms with van der Waals surface area (Å²) in [5, 5.41) is 5.08. The summed E-state index contributed by atoms with van der Waals surface area (Å²) in [6.07, 6.45) is 6.87. The van der Waals surface area contributed by atoms with Crippen LogP contribution in [-0.2, 0) is 11.3 Å². The Bertz CT molecular complexity index is 681. The number of amides is 1. The second-order valence-corrected chi connectivity index (χ2v) is 6.80. The minimum absolute atomic E-state index is 0.370. The fourth-order valence-corrected chi connectivity index (χ4v) is 3.39. The van der Waals surface area contributed by atoms with Crippen LogP contribution in [0.15, 0.2) is 30.5 Å². The number of benzene rings is 1. The van der Waals surface area contributed by atoms with Crippen LogP contribution in [0.1, 0.15) is 42.9 Å². The summed E-state index contributed by atoms with van der Waals surface area (Å²) in [7, 11) is 0. The van der Waals surface area contributed by atoms with E-state index < -0.39 is 4.84 Å². The molecule has 1 fully saturated rings. The molecule has 0 bridgehead atoms. The van der Waals surface area contributed by atoms with E-state index in [4.69, 9.17) is 23.2 Å². The van der Waals surface area contributed by atoms with Crippen molar-refractivity contribution in [3.8, 4) is 0 Å². The molecule has 5 heteroatoms. The highest BCUT2D eigenvalue weighted by molar-refractivity contribution is 6.53. The predicted octanol–water partition coefficient (Wildman–Crippen LogP) is 4.31. The number of hydrogen-bond donors (Lipinski definition) is 1. The average Bonchev–Trinajstić information content (AvgIpc) is 3.06. The van der Waals surface area contributed by atoms with Gasteiger partial charge >= 0.3 is 0 Å². The maximum atomic E-state index is 11.5. The van der Waals surface area contributed by atoms with Gasteiger partial charge in [0, 0.05) is 24.0 Å². The molecule has 0 spiro atoms. The van der Waals surface area contributed by atoms with Crippen LogP contribution in [0.4, 0.5) is 0 Å². The van der Waals surface area contributed by atoms with Crippen molar-refractivity contribution in [2.75, 3.05) is 0 Å². The van der Waals surface area contributed by atoms with Gasteiger partial charge in [0.05, 0.1) is 5.69 Å². The smallest absolute Gasteiger partial charge is 0.253 e. The molecule has 1 aromatic heterocycles. The summed E-state index contributed by atoms with van der Waals surface area (Å²) in [5.41, 5.74) is 2.25. The van der Waals surface area contributed by atoms with Crippen LogP contribution in [0.5, 0.6) is 0 Å². The molecule has 3 nitrogen and oxygen atoms in total. The van der Waals surface area contributed by atoms with Gasteiger partial charge in [0.1, 0.15) is 0 Å². The first-order chi connectivity index (χ1) is 10.7. The fraction of sp³-hybridized carbons (Fsp3) is 0.412. The Morgan fingerprint density at radius 2 is 2.00 bits per heavy atom. The topological polar surface area (TPSA) is 42.0 Å². The van der Waals surface area contributed by atoms with Gasteiger partial charge in [0.2, 0.25) is 0 Å². The van der Waals surface area contributed by atoms with Crippen LogP contribution in [0, 0.1) is 0 Å². The lowest BCUT2D eigenvalue weighted by Crippen LogP contribution is -2.27. The van der Waals surface area contributed by atoms with Crippen molar-refractivity contribution >= 4 is 39.9 Å². The van der Waals surface area contributed by atoms with E-state index in [9.17, 15) is 4.79 Å². The van der Waals surface area contributed by atoms with E-state index in [0.29, 0.717) is 12.5 Å². The molecule has 1 saturated carbocycles. The lowest BCUT2D eigenvalue weighted by Gasteiger charge is -2.14. The first-order valence-electron chi connectivity index (χ1n) is 7.59. The van der Waals surface area contributed by atoms with Gasteiger partial charge in [-0.2, -0.15) is 0 Å². The Kier molecular flexibility index (Phi) is 4.84. The van der Waals surface area contributed by atoms with Crippen LogP contribution in [0.25, 0.3) is 10.8 Å². The van der Waals surface area contributed by atoms with Crippen LogP contribution >= 0.6 is 23.2 Å². The summed E-state index contributed by atoms with van der Waals surface area (Å²) in [6.45, 7) is 0.417. The number of hydrogen-bond acceptors (Lipinski definition) is 2. The van der Waals surface area contributed by atoms with Crippen LogP contribution < -0.4 is 5.32 Å². The summed E-state index contributed by atoms with van der Waals surface area (Å²) < 4.78 is 0. The molecule has 2 aromatic rings. The number of pyridine rings is 1. The van der Waals surface area contributed by atoms with Gasteiger partial charge in [0.25, 0.3) is 5.91 Å². The average molecular weight is 337 g/mol. The van der Waals surface area contributed by atoms with E-state index in [1.165, 1.54) is 36.8 Å². The molecule has 0 saturated heterocycles. The molecule has 0 radical (unpaired) electrons. The van der Waals surface area contributed by atoms with E-state index in [1.807, 2.05) is 24.4 Å². The third-order valence-corrected chi connectivity index (χ3v) is 4.72. The quantitative estimate of drug-likeness (QED) is 0.845. The molecule has 0 atom stereocenters. The molecule has 1 N–H and O–H groups in total. The number of carbonyl (C=O) groups is 1. The Labute approximate surface area is 140 Å². The second-order valence-electron chi connectivity index (χ2n) is 5.71. The first-order valence-corrected chi connectivity index (χ1v) is 8.46. The minimum atomic E-state index is -1.04. The maximum Gasteiger partial charge on any atom is 0.253 e. The number of rotatable bonds is 4. The van der Waals surface area contributed by atoms with Gasteiger partial charge in [-0.3, -0.25) is 9.78 Å². The summed E-state index contributed by atoms with van der Waals surface area (Å²) in [5.74, 6) is 0.189. The van der Waals surface area contributed by atoms with Crippen molar-refractivity contribution in [3.63, 3.8) is 0 Å². The minimum Gasteiger partial charge on any atom is -0.350 e. The molecule has 1 amide bonds. The molecule has 1 heterocycles. The second kappa shape index (κ2) is 6.84. The molecule has 1 aliphatic rings. The zero-order valence-corrected chi connectivity index (χ0v) is 13.7. The highest BCUT2D eigenvalue weighted by atomic mass is 35.5. The van der Waals surface area contributed by atoms with Gasteiger partial charge in [-0.05, 0) is 29.9 Å². The van der Waals surface area contributed by atoms with Gasteiger partial charge in [-0.25, -0.2) is 0 Å². The molecule has 22 heavy (non-hydrogen) atoms. The van der Waals surface area contributed by atoms with Crippen molar-refractivity contribution in [1.82, 2.24) is 10.3 Å². The monoisotopic (exact) mass is 336 g/mol. The first kappa shape index (κ1) is 15.6. The zero-order valence-electron chi connectivity index (χ0n) is 12.2. The van der Waals surface area contributed by atoms with Gasteiger partial charge in [-0.1, -0.05) is 54.2 Å². The molecule has 3 rings (SSSR count). The van der Waals surface area contributed by atoms with E-state index in [2.05, 4.69) is 16.4 Å². The Morgan fingerprint density at radius 3 is 2.73 bits per heavy atom. The summed E-state index contributed by atoms with van der Waals surface area (Å²) >= 11 is 11.1. The maximum absolute atomic E-state index is 11.5. The third kappa shape index (κ3) is 3.21.